The third-order valence-electron chi connectivity index (χ3n) is 4.97. The minimum atomic E-state index is -0.132. The van der Waals surface area contributed by atoms with Crippen LogP contribution in [0.4, 0.5) is 5.69 Å². The summed E-state index contributed by atoms with van der Waals surface area (Å²) >= 11 is 5.90. The van der Waals surface area contributed by atoms with E-state index < -0.39 is 0 Å². The molecule has 2 heterocycles. The first-order valence-electron chi connectivity index (χ1n) is 10.1. The number of aromatic amines is 1. The summed E-state index contributed by atoms with van der Waals surface area (Å²) in [4.78, 5) is 24.6. The van der Waals surface area contributed by atoms with Crippen LogP contribution < -0.4 is 5.32 Å². The summed E-state index contributed by atoms with van der Waals surface area (Å²) in [7, 11) is 0. The van der Waals surface area contributed by atoms with Crippen LogP contribution in [0.25, 0.3) is 33.8 Å². The van der Waals surface area contributed by atoms with Gasteiger partial charge in [-0.1, -0.05) is 28.9 Å². The van der Waals surface area contributed by atoms with Crippen molar-refractivity contribution in [3.63, 3.8) is 0 Å². The fraction of sp³-hybridized carbons (Fsp3) is 0.0833. The van der Waals surface area contributed by atoms with Crippen LogP contribution in [0.15, 0.2) is 77.3 Å². The molecule has 32 heavy (non-hydrogen) atoms. The molecule has 8 heteroatoms. The molecule has 7 nitrogen and oxygen atoms in total. The van der Waals surface area contributed by atoms with Crippen LogP contribution in [0, 0.1) is 0 Å². The van der Waals surface area contributed by atoms with Crippen LogP contribution in [0.5, 0.6) is 0 Å². The van der Waals surface area contributed by atoms with Gasteiger partial charge < -0.3 is 14.8 Å². The Kier molecular flexibility index (Phi) is 5.39. The first kappa shape index (κ1) is 20.0. The maximum absolute atomic E-state index is 12.3. The lowest BCUT2D eigenvalue weighted by Gasteiger charge is -2.05. The monoisotopic (exact) mass is 443 g/mol. The molecule has 0 fully saturated rings. The minimum Gasteiger partial charge on any atom is -0.339 e. The van der Waals surface area contributed by atoms with Gasteiger partial charge in [0.1, 0.15) is 5.82 Å². The number of halogens is 1. The number of benzene rings is 3. The van der Waals surface area contributed by atoms with Crippen molar-refractivity contribution in [1.29, 1.82) is 0 Å². The lowest BCUT2D eigenvalue weighted by atomic mass is 10.2. The first-order valence-corrected chi connectivity index (χ1v) is 10.5. The summed E-state index contributed by atoms with van der Waals surface area (Å²) in [5.74, 6) is 1.54. The highest BCUT2D eigenvalue weighted by atomic mass is 35.5. The smallest absolute Gasteiger partial charge is 0.227 e. The zero-order valence-electron chi connectivity index (χ0n) is 16.9. The van der Waals surface area contributed by atoms with Crippen molar-refractivity contribution in [1.82, 2.24) is 20.1 Å². The van der Waals surface area contributed by atoms with Gasteiger partial charge in [-0.3, -0.25) is 4.79 Å². The molecule has 0 radical (unpaired) electrons. The molecule has 0 atom stereocenters. The molecule has 0 aliphatic rings. The fourth-order valence-electron chi connectivity index (χ4n) is 3.32. The number of anilines is 1. The van der Waals surface area contributed by atoms with Crippen molar-refractivity contribution in [3.05, 3.63) is 83.7 Å². The van der Waals surface area contributed by atoms with Gasteiger partial charge in [0, 0.05) is 34.7 Å². The van der Waals surface area contributed by atoms with Crippen molar-refractivity contribution < 1.29 is 9.32 Å². The summed E-state index contributed by atoms with van der Waals surface area (Å²) in [6, 6.07) is 22.6. The topological polar surface area (TPSA) is 96.7 Å². The molecule has 5 aromatic rings. The number of aromatic nitrogens is 4. The summed E-state index contributed by atoms with van der Waals surface area (Å²) < 4.78 is 5.26. The number of H-pyrrole nitrogens is 1. The molecule has 2 N–H and O–H groups in total. The van der Waals surface area contributed by atoms with Gasteiger partial charge >= 0.3 is 0 Å². The second-order valence-corrected chi connectivity index (χ2v) is 7.68. The third-order valence-corrected chi connectivity index (χ3v) is 5.22. The quantitative estimate of drug-likeness (QED) is 0.361. The Morgan fingerprint density at radius 2 is 1.69 bits per heavy atom. The van der Waals surface area contributed by atoms with E-state index in [4.69, 9.17) is 16.1 Å². The number of carbonyl (C=O) groups is 1. The molecular formula is C24H18ClN5O2. The molecule has 0 saturated carbocycles. The predicted molar refractivity (Wildman–Crippen MR) is 123 cm³/mol. The maximum atomic E-state index is 12.3. The predicted octanol–water partition coefficient (Wildman–Crippen LogP) is 5.50. The molecular weight excluding hydrogens is 426 g/mol. The van der Waals surface area contributed by atoms with Crippen LogP contribution in [0.2, 0.25) is 5.02 Å². The molecule has 5 rings (SSSR count). The number of para-hydroxylation sites is 2. The number of nitrogens with zero attached hydrogens (tertiary/aromatic N) is 3. The zero-order valence-corrected chi connectivity index (χ0v) is 17.6. The largest absolute Gasteiger partial charge is 0.339 e. The van der Waals surface area contributed by atoms with Gasteiger partial charge in [0.2, 0.25) is 17.6 Å². The Bertz CT molecular complexity index is 1340. The zero-order chi connectivity index (χ0) is 21.9. The molecule has 1 amide bonds. The van der Waals surface area contributed by atoms with Crippen LogP contribution in [-0.4, -0.2) is 26.0 Å². The number of hydrogen-bond acceptors (Lipinski definition) is 5. The van der Waals surface area contributed by atoms with Crippen LogP contribution in [0.3, 0.4) is 0 Å². The highest BCUT2D eigenvalue weighted by molar-refractivity contribution is 6.30. The van der Waals surface area contributed by atoms with E-state index in [2.05, 4.69) is 25.4 Å². The number of imidazole rings is 1. The van der Waals surface area contributed by atoms with Crippen molar-refractivity contribution in [2.75, 3.05) is 5.32 Å². The summed E-state index contributed by atoms with van der Waals surface area (Å²) in [6.07, 6.45) is 0.580. The molecule has 0 saturated heterocycles. The lowest BCUT2D eigenvalue weighted by molar-refractivity contribution is -0.116. The molecule has 0 unspecified atom stereocenters. The van der Waals surface area contributed by atoms with E-state index in [0.29, 0.717) is 28.8 Å². The molecule has 0 aliphatic carbocycles. The molecule has 3 aromatic carbocycles. The number of carbonyl (C=O) groups excluding carboxylic acids is 1. The SMILES string of the molecule is O=C(CCc1nc(-c2ccc(Cl)cc2)no1)Nc1ccc(-c2nc3ccccc3[nH]2)cc1. The Labute approximate surface area is 188 Å². The highest BCUT2D eigenvalue weighted by Gasteiger charge is 2.11. The second kappa shape index (κ2) is 8.64. The number of hydrogen-bond donors (Lipinski definition) is 2. The Morgan fingerprint density at radius 1 is 0.938 bits per heavy atom. The molecule has 0 aliphatic heterocycles. The van der Waals surface area contributed by atoms with E-state index in [-0.39, 0.29) is 12.3 Å². The van der Waals surface area contributed by atoms with E-state index >= 15 is 0 Å². The van der Waals surface area contributed by atoms with E-state index in [1.54, 1.807) is 12.1 Å². The van der Waals surface area contributed by atoms with Gasteiger partial charge in [-0.25, -0.2) is 4.98 Å². The minimum absolute atomic E-state index is 0.132. The Morgan fingerprint density at radius 3 is 2.47 bits per heavy atom. The van der Waals surface area contributed by atoms with Gasteiger partial charge in [-0.05, 0) is 60.7 Å². The third kappa shape index (κ3) is 4.38. The highest BCUT2D eigenvalue weighted by Crippen LogP contribution is 2.22. The lowest BCUT2D eigenvalue weighted by Crippen LogP contribution is -2.12. The van der Waals surface area contributed by atoms with Gasteiger partial charge in [-0.15, -0.1) is 0 Å². The average Bonchev–Trinajstić information content (AvgIpc) is 3.46. The van der Waals surface area contributed by atoms with Crippen molar-refractivity contribution in [2.45, 2.75) is 12.8 Å². The number of amides is 1. The van der Waals surface area contributed by atoms with Crippen molar-refractivity contribution in [3.8, 4) is 22.8 Å². The average molecular weight is 444 g/mol. The summed E-state index contributed by atoms with van der Waals surface area (Å²) in [5.41, 5.74) is 4.36. The van der Waals surface area contributed by atoms with Gasteiger partial charge in [0.15, 0.2) is 0 Å². The van der Waals surface area contributed by atoms with E-state index in [1.807, 2.05) is 60.7 Å². The summed E-state index contributed by atoms with van der Waals surface area (Å²) in [6.45, 7) is 0. The van der Waals surface area contributed by atoms with E-state index in [0.717, 1.165) is 28.0 Å². The fourth-order valence-corrected chi connectivity index (χ4v) is 3.44. The van der Waals surface area contributed by atoms with Gasteiger partial charge in [0.25, 0.3) is 0 Å². The van der Waals surface area contributed by atoms with Gasteiger partial charge in [-0.2, -0.15) is 4.98 Å². The maximum Gasteiger partial charge on any atom is 0.227 e. The first-order chi connectivity index (χ1) is 15.6. The number of fused-ring (bicyclic) bond motifs is 1. The van der Waals surface area contributed by atoms with Crippen LogP contribution in [0.1, 0.15) is 12.3 Å². The molecule has 2 aromatic heterocycles. The number of nitrogens with one attached hydrogen (secondary N) is 2. The number of rotatable bonds is 6. The van der Waals surface area contributed by atoms with Crippen LogP contribution in [-0.2, 0) is 11.2 Å². The van der Waals surface area contributed by atoms with E-state index in [9.17, 15) is 4.79 Å². The second-order valence-electron chi connectivity index (χ2n) is 7.25. The van der Waals surface area contributed by atoms with Crippen molar-refractivity contribution in [2.24, 2.45) is 0 Å². The van der Waals surface area contributed by atoms with E-state index in [1.165, 1.54) is 0 Å². The molecule has 158 valence electrons. The van der Waals surface area contributed by atoms with Gasteiger partial charge in [0.05, 0.1) is 11.0 Å². The standard InChI is InChI=1S/C24H18ClN5O2/c25-17-9-5-16(6-10-17)24-29-22(32-30-24)14-13-21(31)26-18-11-7-15(8-12-18)23-27-19-3-1-2-4-20(19)28-23/h1-12H,13-14H2,(H,26,31)(H,27,28). The molecule has 0 bridgehead atoms. The Hall–Kier alpha value is -3.97. The Balaban J connectivity index is 1.18. The summed E-state index contributed by atoms with van der Waals surface area (Å²) in [5, 5.41) is 7.49. The van der Waals surface area contributed by atoms with Crippen molar-refractivity contribution >= 4 is 34.2 Å². The normalized spacial score (nSPS) is 11.0. The van der Waals surface area contributed by atoms with Crippen LogP contribution >= 0.6 is 11.6 Å². The molecule has 0 spiro atoms. The number of aryl methyl sites for hydroxylation is 1.